The molecule has 0 atom stereocenters. The van der Waals surface area contributed by atoms with Gasteiger partial charge >= 0.3 is 0 Å². The summed E-state index contributed by atoms with van der Waals surface area (Å²) in [5.74, 6) is 1.77. The van der Waals surface area contributed by atoms with E-state index < -0.39 is 0 Å². The highest BCUT2D eigenvalue weighted by Crippen LogP contribution is 2.22. The van der Waals surface area contributed by atoms with Crippen LogP contribution < -0.4 is 4.90 Å². The van der Waals surface area contributed by atoms with Crippen LogP contribution in [-0.4, -0.2) is 46.2 Å². The molecule has 1 saturated heterocycles. The minimum Gasteiger partial charge on any atom is -0.508 e. The highest BCUT2D eigenvalue weighted by molar-refractivity contribution is 5.57. The summed E-state index contributed by atoms with van der Waals surface area (Å²) in [5.41, 5.74) is 0.896. The molecule has 0 unspecified atom stereocenters. The van der Waals surface area contributed by atoms with Gasteiger partial charge in [-0.1, -0.05) is 0 Å². The minimum atomic E-state index is 0.244. The lowest BCUT2D eigenvalue weighted by Gasteiger charge is -2.26. The number of rotatable bonds is 2. The molecule has 6 nitrogen and oxygen atoms in total. The number of aromatic nitrogens is 3. The number of nitrogens with zero attached hydrogens (tertiary/aromatic N) is 4. The number of morpholine rings is 1. The highest BCUT2D eigenvalue weighted by atomic mass is 16.5. The van der Waals surface area contributed by atoms with Crippen molar-refractivity contribution in [3.05, 3.63) is 24.3 Å². The van der Waals surface area contributed by atoms with Crippen molar-refractivity contribution < 1.29 is 9.84 Å². The van der Waals surface area contributed by atoms with Gasteiger partial charge < -0.3 is 14.7 Å². The summed E-state index contributed by atoms with van der Waals surface area (Å²) in [7, 11) is 1.89. The summed E-state index contributed by atoms with van der Waals surface area (Å²) in [6.07, 6.45) is 0. The number of benzene rings is 1. The fourth-order valence-corrected chi connectivity index (χ4v) is 2.15. The van der Waals surface area contributed by atoms with Gasteiger partial charge in [0.15, 0.2) is 5.82 Å². The molecule has 100 valence electrons. The smallest absolute Gasteiger partial charge is 0.224 e. The van der Waals surface area contributed by atoms with Gasteiger partial charge in [0.2, 0.25) is 5.95 Å². The highest BCUT2D eigenvalue weighted by Gasteiger charge is 2.18. The van der Waals surface area contributed by atoms with Gasteiger partial charge in [-0.3, -0.25) is 0 Å². The van der Waals surface area contributed by atoms with E-state index >= 15 is 0 Å². The van der Waals surface area contributed by atoms with E-state index in [1.54, 1.807) is 16.8 Å². The number of hydrogen-bond acceptors (Lipinski definition) is 5. The molecule has 0 saturated carbocycles. The maximum Gasteiger partial charge on any atom is 0.224 e. The maximum atomic E-state index is 9.30. The quantitative estimate of drug-likeness (QED) is 0.873. The Morgan fingerprint density at radius 3 is 2.53 bits per heavy atom. The minimum absolute atomic E-state index is 0.244. The molecule has 1 aromatic carbocycles. The van der Waals surface area contributed by atoms with Crippen LogP contribution >= 0.6 is 0 Å². The summed E-state index contributed by atoms with van der Waals surface area (Å²) >= 11 is 0. The molecular weight excluding hydrogens is 244 g/mol. The summed E-state index contributed by atoms with van der Waals surface area (Å²) < 4.78 is 7.12. The second-order valence-electron chi connectivity index (χ2n) is 4.51. The molecule has 1 aliphatic heterocycles. The van der Waals surface area contributed by atoms with Crippen LogP contribution in [0.5, 0.6) is 5.75 Å². The van der Waals surface area contributed by atoms with Crippen LogP contribution in [-0.2, 0) is 11.8 Å². The van der Waals surface area contributed by atoms with Gasteiger partial charge in [0.05, 0.1) is 13.2 Å². The molecule has 1 aromatic heterocycles. The molecule has 0 spiro atoms. The summed E-state index contributed by atoms with van der Waals surface area (Å²) in [6, 6.07) is 6.90. The van der Waals surface area contributed by atoms with Gasteiger partial charge in [-0.2, -0.15) is 4.98 Å². The second kappa shape index (κ2) is 4.89. The molecule has 1 aliphatic rings. The Morgan fingerprint density at radius 2 is 1.84 bits per heavy atom. The molecule has 2 heterocycles. The van der Waals surface area contributed by atoms with Gasteiger partial charge in [0.25, 0.3) is 0 Å². The monoisotopic (exact) mass is 260 g/mol. The lowest BCUT2D eigenvalue weighted by Crippen LogP contribution is -2.37. The third-order valence-electron chi connectivity index (χ3n) is 3.16. The van der Waals surface area contributed by atoms with E-state index in [0.717, 1.165) is 37.8 Å². The van der Waals surface area contributed by atoms with Gasteiger partial charge in [0, 0.05) is 25.7 Å². The molecule has 0 amide bonds. The lowest BCUT2D eigenvalue weighted by molar-refractivity contribution is 0.121. The van der Waals surface area contributed by atoms with E-state index in [-0.39, 0.29) is 5.75 Å². The molecule has 1 fully saturated rings. The van der Waals surface area contributed by atoms with Crippen molar-refractivity contribution in [1.82, 2.24) is 14.8 Å². The van der Waals surface area contributed by atoms with Crippen molar-refractivity contribution >= 4 is 5.95 Å². The first-order valence-corrected chi connectivity index (χ1v) is 6.27. The number of phenols is 1. The van der Waals surface area contributed by atoms with E-state index in [2.05, 4.69) is 15.0 Å². The summed E-state index contributed by atoms with van der Waals surface area (Å²) in [4.78, 5) is 6.74. The molecule has 0 bridgehead atoms. The zero-order valence-corrected chi connectivity index (χ0v) is 10.8. The Hall–Kier alpha value is -2.08. The Morgan fingerprint density at radius 1 is 1.16 bits per heavy atom. The van der Waals surface area contributed by atoms with E-state index in [0.29, 0.717) is 5.82 Å². The van der Waals surface area contributed by atoms with Crippen molar-refractivity contribution in [1.29, 1.82) is 0 Å². The number of phenolic OH excluding ortho intramolecular Hbond substituents is 1. The van der Waals surface area contributed by atoms with Crippen molar-refractivity contribution in [3.63, 3.8) is 0 Å². The van der Waals surface area contributed by atoms with Gasteiger partial charge in [-0.25, -0.2) is 4.68 Å². The van der Waals surface area contributed by atoms with E-state index in [4.69, 9.17) is 4.74 Å². The van der Waals surface area contributed by atoms with Crippen LogP contribution in [0, 0.1) is 0 Å². The van der Waals surface area contributed by atoms with E-state index in [9.17, 15) is 5.11 Å². The van der Waals surface area contributed by atoms with Crippen molar-refractivity contribution in [2.45, 2.75) is 0 Å². The molecule has 0 aliphatic carbocycles. The summed E-state index contributed by atoms with van der Waals surface area (Å²) in [6.45, 7) is 3.12. The van der Waals surface area contributed by atoms with Gasteiger partial charge in [-0.15, -0.1) is 5.10 Å². The van der Waals surface area contributed by atoms with Crippen LogP contribution in [0.15, 0.2) is 24.3 Å². The molecule has 3 rings (SSSR count). The zero-order chi connectivity index (χ0) is 13.2. The van der Waals surface area contributed by atoms with Crippen molar-refractivity contribution in [2.24, 2.45) is 7.05 Å². The molecule has 19 heavy (non-hydrogen) atoms. The molecule has 2 aromatic rings. The number of anilines is 1. The predicted molar refractivity (Wildman–Crippen MR) is 71.1 cm³/mol. The average Bonchev–Trinajstić information content (AvgIpc) is 2.83. The van der Waals surface area contributed by atoms with Crippen LogP contribution in [0.3, 0.4) is 0 Å². The Labute approximate surface area is 111 Å². The first kappa shape index (κ1) is 12.0. The maximum absolute atomic E-state index is 9.30. The first-order valence-electron chi connectivity index (χ1n) is 6.27. The Bertz CT molecular complexity index is 559. The second-order valence-corrected chi connectivity index (χ2v) is 4.51. The molecule has 1 N–H and O–H groups in total. The van der Waals surface area contributed by atoms with E-state index in [1.807, 2.05) is 19.2 Å². The molecule has 6 heteroatoms. The number of aryl methyl sites for hydroxylation is 1. The van der Waals surface area contributed by atoms with Crippen LogP contribution in [0.4, 0.5) is 5.95 Å². The third-order valence-corrected chi connectivity index (χ3v) is 3.16. The van der Waals surface area contributed by atoms with Crippen LogP contribution in [0.1, 0.15) is 0 Å². The average molecular weight is 260 g/mol. The van der Waals surface area contributed by atoms with Crippen molar-refractivity contribution in [3.8, 4) is 17.1 Å². The standard InChI is InChI=1S/C13H16N4O2/c1-16-13(17-6-8-19-9-7-17)14-12(15-16)10-2-4-11(18)5-3-10/h2-5,18H,6-9H2,1H3. The van der Waals surface area contributed by atoms with Gasteiger partial charge in [-0.05, 0) is 24.3 Å². The number of aromatic hydroxyl groups is 1. The molecular formula is C13H16N4O2. The first-order chi connectivity index (χ1) is 9.24. The number of hydrogen-bond donors (Lipinski definition) is 1. The molecule has 0 radical (unpaired) electrons. The third kappa shape index (κ3) is 2.39. The van der Waals surface area contributed by atoms with Crippen molar-refractivity contribution in [2.75, 3.05) is 31.2 Å². The van der Waals surface area contributed by atoms with Gasteiger partial charge in [0.1, 0.15) is 5.75 Å². The lowest BCUT2D eigenvalue weighted by atomic mass is 10.2. The predicted octanol–water partition coefficient (Wildman–Crippen LogP) is 1.02. The van der Waals surface area contributed by atoms with E-state index in [1.165, 1.54) is 0 Å². The fraction of sp³-hybridized carbons (Fsp3) is 0.385. The zero-order valence-electron chi connectivity index (χ0n) is 10.8. The fourth-order valence-electron chi connectivity index (χ4n) is 2.15. The summed E-state index contributed by atoms with van der Waals surface area (Å²) in [5, 5.41) is 13.7. The van der Waals surface area contributed by atoms with Crippen LogP contribution in [0.2, 0.25) is 0 Å². The Balaban J connectivity index is 1.90. The van der Waals surface area contributed by atoms with Crippen LogP contribution in [0.25, 0.3) is 11.4 Å². The topological polar surface area (TPSA) is 63.4 Å². The largest absolute Gasteiger partial charge is 0.508 e. The Kier molecular flexibility index (Phi) is 3.08. The SMILES string of the molecule is Cn1nc(-c2ccc(O)cc2)nc1N1CCOCC1. The number of ether oxygens (including phenoxy) is 1. The normalized spacial score (nSPS) is 15.7.